The Kier molecular flexibility index (Phi) is 5.15. The summed E-state index contributed by atoms with van der Waals surface area (Å²) in [5.74, 6) is -0.446. The van der Waals surface area contributed by atoms with Gasteiger partial charge in [-0.15, -0.1) is 0 Å². The van der Waals surface area contributed by atoms with Crippen molar-refractivity contribution in [1.82, 2.24) is 0 Å². The Bertz CT molecular complexity index is 717. The van der Waals surface area contributed by atoms with Gasteiger partial charge in [-0.3, -0.25) is 4.79 Å². The highest BCUT2D eigenvalue weighted by molar-refractivity contribution is 6.30. The monoisotopic (exact) mass is 342 g/mol. The van der Waals surface area contributed by atoms with Gasteiger partial charge in [0.05, 0.1) is 12.1 Å². The van der Waals surface area contributed by atoms with Gasteiger partial charge in [-0.2, -0.15) is 13.2 Å². The van der Waals surface area contributed by atoms with Crippen molar-refractivity contribution in [1.29, 1.82) is 0 Å². The number of rotatable bonds is 4. The highest BCUT2D eigenvalue weighted by Crippen LogP contribution is 2.30. The van der Waals surface area contributed by atoms with Crippen LogP contribution in [0.5, 0.6) is 0 Å². The number of alkyl halides is 3. The molecule has 0 radical (unpaired) electrons. The van der Waals surface area contributed by atoms with Crippen LogP contribution < -0.4 is 10.6 Å². The molecule has 0 heterocycles. The lowest BCUT2D eigenvalue weighted by Gasteiger charge is -2.12. The van der Waals surface area contributed by atoms with Crippen LogP contribution in [0, 0.1) is 6.92 Å². The molecule has 0 aromatic heterocycles. The maximum Gasteiger partial charge on any atom is 0.416 e. The number of anilines is 2. The molecule has 0 aliphatic carbocycles. The van der Waals surface area contributed by atoms with Crippen LogP contribution >= 0.6 is 11.6 Å². The summed E-state index contributed by atoms with van der Waals surface area (Å²) in [7, 11) is 0. The lowest BCUT2D eigenvalue weighted by atomic mass is 10.2. The summed E-state index contributed by atoms with van der Waals surface area (Å²) in [5, 5.41) is 5.92. The largest absolute Gasteiger partial charge is 0.416 e. The minimum atomic E-state index is -4.45. The molecule has 0 saturated heterocycles. The Labute approximate surface area is 136 Å². The lowest BCUT2D eigenvalue weighted by molar-refractivity contribution is -0.137. The first-order chi connectivity index (χ1) is 10.8. The average Bonchev–Trinajstić information content (AvgIpc) is 2.45. The SMILES string of the molecule is Cc1cc(Cl)ccc1NCC(=O)Nc1cccc(C(F)(F)F)c1. The summed E-state index contributed by atoms with van der Waals surface area (Å²) in [4.78, 5) is 11.8. The van der Waals surface area contributed by atoms with E-state index in [0.717, 1.165) is 23.4 Å². The van der Waals surface area contributed by atoms with Crippen molar-refractivity contribution in [3.8, 4) is 0 Å². The molecule has 0 bridgehead atoms. The molecule has 0 unspecified atom stereocenters. The van der Waals surface area contributed by atoms with Crippen molar-refractivity contribution in [2.75, 3.05) is 17.2 Å². The third-order valence-electron chi connectivity index (χ3n) is 3.10. The molecule has 0 aliphatic heterocycles. The smallest absolute Gasteiger partial charge is 0.376 e. The van der Waals surface area contributed by atoms with Crippen LogP contribution in [0.3, 0.4) is 0 Å². The van der Waals surface area contributed by atoms with E-state index in [-0.39, 0.29) is 12.2 Å². The number of nitrogens with one attached hydrogen (secondary N) is 2. The van der Waals surface area contributed by atoms with Crippen LogP contribution in [0.4, 0.5) is 24.5 Å². The van der Waals surface area contributed by atoms with Gasteiger partial charge in [-0.05, 0) is 48.9 Å². The minimum Gasteiger partial charge on any atom is -0.376 e. The number of benzene rings is 2. The second-order valence-electron chi connectivity index (χ2n) is 4.94. The molecule has 0 fully saturated rings. The van der Waals surface area contributed by atoms with E-state index in [1.807, 2.05) is 6.92 Å². The highest BCUT2D eigenvalue weighted by atomic mass is 35.5. The molecule has 2 N–H and O–H groups in total. The first kappa shape index (κ1) is 17.1. The fraction of sp³-hybridized carbons (Fsp3) is 0.188. The van der Waals surface area contributed by atoms with E-state index in [0.29, 0.717) is 5.02 Å². The van der Waals surface area contributed by atoms with Gasteiger partial charge in [0.25, 0.3) is 0 Å². The first-order valence-corrected chi connectivity index (χ1v) is 7.10. The molecular formula is C16H14ClF3N2O. The Hall–Kier alpha value is -2.21. The number of carbonyl (C=O) groups excluding carboxylic acids is 1. The van der Waals surface area contributed by atoms with Gasteiger partial charge in [-0.25, -0.2) is 0 Å². The normalized spacial score (nSPS) is 11.2. The van der Waals surface area contributed by atoms with Crippen LogP contribution in [0.1, 0.15) is 11.1 Å². The van der Waals surface area contributed by atoms with Gasteiger partial charge in [0, 0.05) is 16.4 Å². The van der Waals surface area contributed by atoms with Gasteiger partial charge in [0.2, 0.25) is 5.91 Å². The number of hydrogen-bond donors (Lipinski definition) is 2. The van der Waals surface area contributed by atoms with E-state index in [2.05, 4.69) is 10.6 Å². The molecule has 3 nitrogen and oxygen atoms in total. The molecule has 7 heteroatoms. The van der Waals surface area contributed by atoms with E-state index >= 15 is 0 Å². The Balaban J connectivity index is 1.97. The maximum absolute atomic E-state index is 12.6. The van der Waals surface area contributed by atoms with Gasteiger partial charge in [0.15, 0.2) is 0 Å². The summed E-state index contributed by atoms with van der Waals surface area (Å²) < 4.78 is 37.8. The zero-order valence-electron chi connectivity index (χ0n) is 12.2. The van der Waals surface area contributed by atoms with Crippen molar-refractivity contribution >= 4 is 28.9 Å². The van der Waals surface area contributed by atoms with Gasteiger partial charge >= 0.3 is 6.18 Å². The molecule has 2 aromatic carbocycles. The zero-order chi connectivity index (χ0) is 17.0. The van der Waals surface area contributed by atoms with Gasteiger partial charge in [0.1, 0.15) is 0 Å². The highest BCUT2D eigenvalue weighted by Gasteiger charge is 2.30. The average molecular weight is 343 g/mol. The quantitative estimate of drug-likeness (QED) is 0.844. The molecule has 0 aliphatic rings. The minimum absolute atomic E-state index is 0.0707. The molecule has 2 aromatic rings. The van der Waals surface area contributed by atoms with Crippen molar-refractivity contribution in [2.45, 2.75) is 13.1 Å². The second-order valence-corrected chi connectivity index (χ2v) is 5.38. The molecule has 0 atom stereocenters. The fourth-order valence-electron chi connectivity index (χ4n) is 1.98. The summed E-state index contributed by atoms with van der Waals surface area (Å²) in [6, 6.07) is 9.65. The number of halogens is 4. The van der Waals surface area contributed by atoms with Crippen LogP contribution in [-0.4, -0.2) is 12.5 Å². The van der Waals surface area contributed by atoms with Crippen LogP contribution in [0.25, 0.3) is 0 Å². The van der Waals surface area contributed by atoms with Crippen molar-refractivity contribution in [3.63, 3.8) is 0 Å². The van der Waals surface area contributed by atoms with Crippen LogP contribution in [-0.2, 0) is 11.0 Å². The van der Waals surface area contributed by atoms with Crippen molar-refractivity contribution in [3.05, 3.63) is 58.6 Å². The molecule has 122 valence electrons. The van der Waals surface area contributed by atoms with Crippen molar-refractivity contribution in [2.24, 2.45) is 0 Å². The van der Waals surface area contributed by atoms with Crippen LogP contribution in [0.15, 0.2) is 42.5 Å². The molecule has 1 amide bonds. The third kappa shape index (κ3) is 4.89. The van der Waals surface area contributed by atoms with Crippen LogP contribution in [0.2, 0.25) is 5.02 Å². The third-order valence-corrected chi connectivity index (χ3v) is 3.34. The zero-order valence-corrected chi connectivity index (χ0v) is 12.9. The fourth-order valence-corrected chi connectivity index (χ4v) is 2.21. The van der Waals surface area contributed by atoms with E-state index in [1.54, 1.807) is 18.2 Å². The number of aryl methyl sites for hydroxylation is 1. The number of amides is 1. The summed E-state index contributed by atoms with van der Waals surface area (Å²) >= 11 is 5.84. The molecule has 0 saturated carbocycles. The second kappa shape index (κ2) is 6.91. The van der Waals surface area contributed by atoms with Gasteiger partial charge in [-0.1, -0.05) is 17.7 Å². The van der Waals surface area contributed by atoms with E-state index in [9.17, 15) is 18.0 Å². The maximum atomic E-state index is 12.6. The molecular weight excluding hydrogens is 329 g/mol. The van der Waals surface area contributed by atoms with E-state index in [4.69, 9.17) is 11.6 Å². The van der Waals surface area contributed by atoms with E-state index < -0.39 is 17.6 Å². The molecule has 2 rings (SSSR count). The Morgan fingerprint density at radius 3 is 2.57 bits per heavy atom. The Morgan fingerprint density at radius 2 is 1.91 bits per heavy atom. The Morgan fingerprint density at radius 1 is 1.17 bits per heavy atom. The number of carbonyl (C=O) groups is 1. The predicted molar refractivity (Wildman–Crippen MR) is 84.8 cm³/mol. The van der Waals surface area contributed by atoms with Crippen molar-refractivity contribution < 1.29 is 18.0 Å². The van der Waals surface area contributed by atoms with Gasteiger partial charge < -0.3 is 10.6 Å². The molecule has 0 spiro atoms. The summed E-state index contributed by atoms with van der Waals surface area (Å²) in [6.07, 6.45) is -4.45. The van der Waals surface area contributed by atoms with E-state index in [1.165, 1.54) is 12.1 Å². The molecule has 23 heavy (non-hydrogen) atoms. The standard InChI is InChI=1S/C16H14ClF3N2O/c1-10-7-12(17)5-6-14(10)21-9-15(23)22-13-4-2-3-11(8-13)16(18,19)20/h2-8,21H,9H2,1H3,(H,22,23). The lowest BCUT2D eigenvalue weighted by Crippen LogP contribution is -2.22. The first-order valence-electron chi connectivity index (χ1n) is 6.73. The topological polar surface area (TPSA) is 41.1 Å². The summed E-state index contributed by atoms with van der Waals surface area (Å²) in [6.45, 7) is 1.76. The number of hydrogen-bond acceptors (Lipinski definition) is 2. The summed E-state index contributed by atoms with van der Waals surface area (Å²) in [5.41, 5.74) is 0.884. The predicted octanol–water partition coefficient (Wildman–Crippen LogP) is 4.72.